The maximum absolute atomic E-state index is 4.80. The summed E-state index contributed by atoms with van der Waals surface area (Å²) in [5.74, 6) is 0. The van der Waals surface area contributed by atoms with Crippen molar-refractivity contribution < 1.29 is 0 Å². The predicted molar refractivity (Wildman–Crippen MR) is 84.0 cm³/mol. The van der Waals surface area contributed by atoms with E-state index in [0.717, 1.165) is 12.1 Å². The van der Waals surface area contributed by atoms with E-state index >= 15 is 0 Å². The van der Waals surface area contributed by atoms with E-state index in [2.05, 4.69) is 50.5 Å². The maximum Gasteiger partial charge on any atom is 0.0948 e. The summed E-state index contributed by atoms with van der Waals surface area (Å²) in [4.78, 5) is 4.80. The van der Waals surface area contributed by atoms with Gasteiger partial charge in [-0.3, -0.25) is 0 Å². The lowest BCUT2D eigenvalue weighted by atomic mass is 9.98. The summed E-state index contributed by atoms with van der Waals surface area (Å²) in [5.41, 5.74) is 6.37. The van der Waals surface area contributed by atoms with Gasteiger partial charge in [0.2, 0.25) is 0 Å². The molecule has 0 saturated carbocycles. The van der Waals surface area contributed by atoms with Crippen LogP contribution in [0, 0.1) is 20.8 Å². The van der Waals surface area contributed by atoms with Crippen LogP contribution in [0.2, 0.25) is 0 Å². The van der Waals surface area contributed by atoms with E-state index in [1.165, 1.54) is 27.3 Å². The lowest BCUT2D eigenvalue weighted by Gasteiger charge is -2.09. The standard InChI is InChI=1S/C16H22N2S/c1-10-6-11(2)16(12(3)7-10)14-9-19-15(18-14)8-13(4)17-5/h6-7,9,13,17H,8H2,1-5H3. The molecule has 0 bridgehead atoms. The zero-order valence-corrected chi connectivity index (χ0v) is 13.2. The number of likely N-dealkylation sites (N-methyl/N-ethyl adjacent to an activating group) is 1. The fourth-order valence-electron chi connectivity index (χ4n) is 2.47. The maximum atomic E-state index is 4.80. The lowest BCUT2D eigenvalue weighted by molar-refractivity contribution is 0.607. The normalized spacial score (nSPS) is 12.7. The van der Waals surface area contributed by atoms with Gasteiger partial charge in [0.25, 0.3) is 0 Å². The van der Waals surface area contributed by atoms with Gasteiger partial charge >= 0.3 is 0 Å². The number of aryl methyl sites for hydroxylation is 3. The molecule has 1 atom stereocenters. The van der Waals surface area contributed by atoms with Gasteiger partial charge in [-0.2, -0.15) is 0 Å². The SMILES string of the molecule is CNC(C)Cc1nc(-c2c(C)cc(C)cc2C)cs1. The summed E-state index contributed by atoms with van der Waals surface area (Å²) < 4.78 is 0. The van der Waals surface area contributed by atoms with Gasteiger partial charge < -0.3 is 5.32 Å². The number of thiazole rings is 1. The molecular formula is C16H22N2S. The van der Waals surface area contributed by atoms with Crippen LogP contribution in [0.25, 0.3) is 11.3 Å². The Balaban J connectivity index is 2.33. The first-order valence-electron chi connectivity index (χ1n) is 6.71. The van der Waals surface area contributed by atoms with Crippen molar-refractivity contribution in [3.63, 3.8) is 0 Å². The van der Waals surface area contributed by atoms with E-state index in [4.69, 9.17) is 4.98 Å². The molecule has 0 saturated heterocycles. The number of nitrogens with zero attached hydrogens (tertiary/aromatic N) is 1. The van der Waals surface area contributed by atoms with Crippen molar-refractivity contribution in [2.75, 3.05) is 7.05 Å². The Morgan fingerprint density at radius 1 is 1.21 bits per heavy atom. The molecule has 2 aromatic rings. The molecule has 0 fully saturated rings. The quantitative estimate of drug-likeness (QED) is 0.915. The Hall–Kier alpha value is -1.19. The zero-order valence-electron chi connectivity index (χ0n) is 12.4. The van der Waals surface area contributed by atoms with Crippen molar-refractivity contribution in [3.8, 4) is 11.3 Å². The van der Waals surface area contributed by atoms with Crippen LogP contribution in [0.15, 0.2) is 17.5 Å². The summed E-state index contributed by atoms with van der Waals surface area (Å²) >= 11 is 1.76. The van der Waals surface area contributed by atoms with E-state index in [1.54, 1.807) is 11.3 Å². The molecule has 0 aliphatic carbocycles. The van der Waals surface area contributed by atoms with Crippen LogP contribution in [0.1, 0.15) is 28.6 Å². The average molecular weight is 274 g/mol. The minimum absolute atomic E-state index is 0.471. The van der Waals surface area contributed by atoms with Crippen LogP contribution < -0.4 is 5.32 Å². The Labute approximate surface area is 119 Å². The molecule has 1 N–H and O–H groups in total. The molecule has 2 nitrogen and oxygen atoms in total. The van der Waals surface area contributed by atoms with Crippen molar-refractivity contribution in [3.05, 3.63) is 39.2 Å². The summed E-state index contributed by atoms with van der Waals surface area (Å²) in [5, 5.41) is 6.65. The van der Waals surface area contributed by atoms with Crippen molar-refractivity contribution in [1.82, 2.24) is 10.3 Å². The molecule has 0 aliphatic heterocycles. The molecule has 3 heteroatoms. The molecule has 1 unspecified atom stereocenters. The van der Waals surface area contributed by atoms with E-state index in [-0.39, 0.29) is 0 Å². The number of hydrogen-bond donors (Lipinski definition) is 1. The molecule has 2 rings (SSSR count). The highest BCUT2D eigenvalue weighted by molar-refractivity contribution is 7.09. The third-order valence-electron chi connectivity index (χ3n) is 3.46. The molecule has 1 heterocycles. The molecule has 0 amide bonds. The number of hydrogen-bond acceptors (Lipinski definition) is 3. The third-order valence-corrected chi connectivity index (χ3v) is 4.33. The van der Waals surface area contributed by atoms with Crippen molar-refractivity contribution in [2.45, 2.75) is 40.2 Å². The topological polar surface area (TPSA) is 24.9 Å². The van der Waals surface area contributed by atoms with Crippen LogP contribution in [0.4, 0.5) is 0 Å². The number of aromatic nitrogens is 1. The molecule has 102 valence electrons. The highest BCUT2D eigenvalue weighted by Gasteiger charge is 2.11. The first-order valence-corrected chi connectivity index (χ1v) is 7.59. The molecule has 1 aromatic carbocycles. The molecular weight excluding hydrogens is 252 g/mol. The van der Waals surface area contributed by atoms with Gasteiger partial charge in [0.1, 0.15) is 0 Å². The molecule has 0 radical (unpaired) electrons. The summed E-state index contributed by atoms with van der Waals surface area (Å²) in [7, 11) is 1.99. The van der Waals surface area contributed by atoms with Gasteiger partial charge in [0, 0.05) is 23.4 Å². The minimum atomic E-state index is 0.471. The summed E-state index contributed by atoms with van der Waals surface area (Å²) in [6.07, 6.45) is 0.991. The van der Waals surface area contributed by atoms with Gasteiger partial charge in [0.15, 0.2) is 0 Å². The lowest BCUT2D eigenvalue weighted by Crippen LogP contribution is -2.23. The van der Waals surface area contributed by atoms with Crippen molar-refractivity contribution in [1.29, 1.82) is 0 Å². The second kappa shape index (κ2) is 5.85. The van der Waals surface area contributed by atoms with Crippen molar-refractivity contribution in [2.24, 2.45) is 0 Å². The minimum Gasteiger partial charge on any atom is -0.317 e. The number of rotatable bonds is 4. The summed E-state index contributed by atoms with van der Waals surface area (Å²) in [6, 6.07) is 4.94. The second-order valence-electron chi connectivity index (χ2n) is 5.29. The fraction of sp³-hybridized carbons (Fsp3) is 0.438. The van der Waals surface area contributed by atoms with E-state index in [9.17, 15) is 0 Å². The van der Waals surface area contributed by atoms with Crippen LogP contribution >= 0.6 is 11.3 Å². The van der Waals surface area contributed by atoms with E-state index in [1.807, 2.05) is 7.05 Å². The zero-order chi connectivity index (χ0) is 14.0. The number of nitrogens with one attached hydrogen (secondary N) is 1. The summed E-state index contributed by atoms with van der Waals surface area (Å²) in [6.45, 7) is 8.67. The number of benzene rings is 1. The molecule has 1 aromatic heterocycles. The highest BCUT2D eigenvalue weighted by Crippen LogP contribution is 2.29. The Kier molecular flexibility index (Phi) is 4.38. The Bertz CT molecular complexity index is 549. The van der Waals surface area contributed by atoms with E-state index < -0.39 is 0 Å². The van der Waals surface area contributed by atoms with Gasteiger partial charge in [-0.05, 0) is 45.9 Å². The molecule has 0 spiro atoms. The van der Waals surface area contributed by atoms with Crippen molar-refractivity contribution >= 4 is 11.3 Å². The Morgan fingerprint density at radius 2 is 1.84 bits per heavy atom. The van der Waals surface area contributed by atoms with Gasteiger partial charge in [0.05, 0.1) is 10.7 Å². The fourth-order valence-corrected chi connectivity index (χ4v) is 3.38. The molecule has 0 aliphatic rings. The van der Waals surface area contributed by atoms with Crippen LogP contribution in [-0.2, 0) is 6.42 Å². The largest absolute Gasteiger partial charge is 0.317 e. The Morgan fingerprint density at radius 3 is 2.42 bits per heavy atom. The third kappa shape index (κ3) is 3.23. The van der Waals surface area contributed by atoms with Gasteiger partial charge in [-0.15, -0.1) is 11.3 Å². The van der Waals surface area contributed by atoms with Crippen LogP contribution in [0.5, 0.6) is 0 Å². The van der Waals surface area contributed by atoms with Crippen LogP contribution in [-0.4, -0.2) is 18.1 Å². The van der Waals surface area contributed by atoms with Crippen LogP contribution in [0.3, 0.4) is 0 Å². The smallest absolute Gasteiger partial charge is 0.0948 e. The second-order valence-corrected chi connectivity index (χ2v) is 6.24. The average Bonchev–Trinajstić information content (AvgIpc) is 2.75. The first-order chi connectivity index (χ1) is 9.01. The monoisotopic (exact) mass is 274 g/mol. The van der Waals surface area contributed by atoms with Gasteiger partial charge in [-0.1, -0.05) is 17.7 Å². The van der Waals surface area contributed by atoms with Gasteiger partial charge in [-0.25, -0.2) is 4.98 Å². The first kappa shape index (κ1) is 14.2. The van der Waals surface area contributed by atoms with E-state index in [0.29, 0.717) is 6.04 Å². The molecule has 19 heavy (non-hydrogen) atoms. The predicted octanol–water partition coefficient (Wildman–Crippen LogP) is 3.89. The highest BCUT2D eigenvalue weighted by atomic mass is 32.1.